The summed E-state index contributed by atoms with van der Waals surface area (Å²) in [7, 11) is 0. The van der Waals surface area contributed by atoms with Gasteiger partial charge < -0.3 is 10.5 Å². The van der Waals surface area contributed by atoms with Gasteiger partial charge in [-0.25, -0.2) is 4.39 Å². The first-order valence-electron chi connectivity index (χ1n) is 5.94. The van der Waals surface area contributed by atoms with E-state index >= 15 is 0 Å². The summed E-state index contributed by atoms with van der Waals surface area (Å²) in [5, 5.41) is 0.539. The van der Waals surface area contributed by atoms with Crippen molar-refractivity contribution in [2.75, 3.05) is 0 Å². The average molecular weight is 294 g/mol. The smallest absolute Gasteiger partial charge is 0.248 e. The van der Waals surface area contributed by atoms with Crippen molar-refractivity contribution in [3.63, 3.8) is 0 Å². The van der Waals surface area contributed by atoms with E-state index in [0.717, 1.165) is 5.56 Å². The molecular weight excluding hydrogens is 281 g/mol. The van der Waals surface area contributed by atoms with Gasteiger partial charge in [0.05, 0.1) is 0 Å². The number of carbonyl (C=O) groups excluding carboxylic acids is 1. The molecule has 104 valence electrons. The van der Waals surface area contributed by atoms with Crippen LogP contribution in [0.3, 0.4) is 0 Å². The first-order chi connectivity index (χ1) is 9.47. The zero-order valence-electron chi connectivity index (χ0n) is 10.8. The van der Waals surface area contributed by atoms with Crippen molar-refractivity contribution < 1.29 is 13.9 Å². The zero-order valence-corrected chi connectivity index (χ0v) is 11.6. The molecule has 2 aromatic rings. The highest BCUT2D eigenvalue weighted by Gasteiger charge is 2.09. The summed E-state index contributed by atoms with van der Waals surface area (Å²) in [5.41, 5.74) is 6.56. The normalized spacial score (nSPS) is 10.3. The Hall–Kier alpha value is -2.07. The highest BCUT2D eigenvalue weighted by atomic mass is 35.5. The van der Waals surface area contributed by atoms with Crippen LogP contribution in [0.4, 0.5) is 4.39 Å². The molecule has 0 unspecified atom stereocenters. The summed E-state index contributed by atoms with van der Waals surface area (Å²) in [4.78, 5) is 11.1. The Bertz CT molecular complexity index is 658. The molecule has 0 saturated heterocycles. The van der Waals surface area contributed by atoms with Crippen molar-refractivity contribution in [3.8, 4) is 5.75 Å². The van der Waals surface area contributed by atoms with E-state index in [2.05, 4.69) is 0 Å². The fourth-order valence-electron chi connectivity index (χ4n) is 1.72. The van der Waals surface area contributed by atoms with E-state index < -0.39 is 11.7 Å². The standard InChI is InChI=1S/C15H13ClFNO2/c1-9-2-4-12(16)7-14(9)20-8-11-6-10(15(18)19)3-5-13(11)17/h2-7H,8H2,1H3,(H2,18,19). The third kappa shape index (κ3) is 3.27. The van der Waals surface area contributed by atoms with Crippen LogP contribution in [0.2, 0.25) is 5.02 Å². The number of hydrogen-bond acceptors (Lipinski definition) is 2. The minimum atomic E-state index is -0.606. The number of carbonyl (C=O) groups is 1. The van der Waals surface area contributed by atoms with Gasteiger partial charge in [-0.3, -0.25) is 4.79 Å². The third-order valence-electron chi connectivity index (χ3n) is 2.86. The molecule has 3 nitrogen and oxygen atoms in total. The number of halogens is 2. The SMILES string of the molecule is Cc1ccc(Cl)cc1OCc1cc(C(N)=O)ccc1F. The lowest BCUT2D eigenvalue weighted by molar-refractivity contribution is 0.1000. The summed E-state index contributed by atoms with van der Waals surface area (Å²) >= 11 is 5.88. The van der Waals surface area contributed by atoms with Gasteiger partial charge in [0.25, 0.3) is 0 Å². The van der Waals surface area contributed by atoms with E-state index in [4.69, 9.17) is 22.1 Å². The van der Waals surface area contributed by atoms with Crippen LogP contribution in [0.15, 0.2) is 36.4 Å². The second kappa shape index (κ2) is 5.92. The number of nitrogens with two attached hydrogens (primary N) is 1. The maximum Gasteiger partial charge on any atom is 0.248 e. The highest BCUT2D eigenvalue weighted by molar-refractivity contribution is 6.30. The monoisotopic (exact) mass is 293 g/mol. The molecule has 0 bridgehead atoms. The molecule has 0 aliphatic heterocycles. The van der Waals surface area contributed by atoms with Gasteiger partial charge in [0.15, 0.2) is 0 Å². The summed E-state index contributed by atoms with van der Waals surface area (Å²) in [6, 6.07) is 9.14. The van der Waals surface area contributed by atoms with Crippen LogP contribution in [-0.4, -0.2) is 5.91 Å². The molecule has 0 saturated carbocycles. The second-order valence-corrected chi connectivity index (χ2v) is 4.81. The van der Waals surface area contributed by atoms with Crippen LogP contribution in [0.5, 0.6) is 5.75 Å². The van der Waals surface area contributed by atoms with Gasteiger partial charge in [-0.2, -0.15) is 0 Å². The Kier molecular flexibility index (Phi) is 4.25. The van der Waals surface area contributed by atoms with Gasteiger partial charge >= 0.3 is 0 Å². The Balaban J connectivity index is 2.20. The molecule has 0 heterocycles. The predicted molar refractivity (Wildman–Crippen MR) is 75.4 cm³/mol. The maximum absolute atomic E-state index is 13.7. The first-order valence-corrected chi connectivity index (χ1v) is 6.32. The van der Waals surface area contributed by atoms with Crippen molar-refractivity contribution in [3.05, 3.63) is 63.9 Å². The molecule has 2 N–H and O–H groups in total. The molecule has 1 amide bonds. The fourth-order valence-corrected chi connectivity index (χ4v) is 1.89. The average Bonchev–Trinajstić information content (AvgIpc) is 2.41. The van der Waals surface area contributed by atoms with Gasteiger partial charge in [0, 0.05) is 16.1 Å². The van der Waals surface area contributed by atoms with Gasteiger partial charge in [0.1, 0.15) is 18.2 Å². The number of aryl methyl sites for hydroxylation is 1. The van der Waals surface area contributed by atoms with Crippen molar-refractivity contribution in [2.24, 2.45) is 5.73 Å². The number of benzene rings is 2. The quantitative estimate of drug-likeness (QED) is 0.938. The molecular formula is C15H13ClFNO2. The van der Waals surface area contributed by atoms with Crippen LogP contribution in [-0.2, 0) is 6.61 Å². The second-order valence-electron chi connectivity index (χ2n) is 4.37. The summed E-state index contributed by atoms with van der Waals surface area (Å²) < 4.78 is 19.2. The first kappa shape index (κ1) is 14.3. The summed E-state index contributed by atoms with van der Waals surface area (Å²) in [5.74, 6) is -0.485. The van der Waals surface area contributed by atoms with Gasteiger partial charge in [-0.15, -0.1) is 0 Å². The number of primary amides is 1. The summed E-state index contributed by atoms with van der Waals surface area (Å²) in [6.07, 6.45) is 0. The Morgan fingerprint density at radius 2 is 2.05 bits per heavy atom. The van der Waals surface area contributed by atoms with Gasteiger partial charge in [-0.05, 0) is 42.8 Å². The van der Waals surface area contributed by atoms with Crippen LogP contribution >= 0.6 is 11.6 Å². The minimum absolute atomic E-state index is 0.00582. The van der Waals surface area contributed by atoms with E-state index in [0.29, 0.717) is 10.8 Å². The lowest BCUT2D eigenvalue weighted by Gasteiger charge is -2.10. The Labute approximate surface area is 121 Å². The number of rotatable bonds is 4. The number of hydrogen-bond donors (Lipinski definition) is 1. The zero-order chi connectivity index (χ0) is 14.7. The van der Waals surface area contributed by atoms with Gasteiger partial charge in [-0.1, -0.05) is 17.7 Å². The van der Waals surface area contributed by atoms with Crippen LogP contribution in [0.25, 0.3) is 0 Å². The molecule has 0 atom stereocenters. The Morgan fingerprint density at radius 1 is 1.30 bits per heavy atom. The molecule has 0 aromatic heterocycles. The molecule has 0 spiro atoms. The molecule has 0 aliphatic carbocycles. The van der Waals surface area contributed by atoms with Crippen LogP contribution in [0, 0.1) is 12.7 Å². The molecule has 20 heavy (non-hydrogen) atoms. The van der Waals surface area contributed by atoms with E-state index in [9.17, 15) is 9.18 Å². The maximum atomic E-state index is 13.7. The van der Waals surface area contributed by atoms with Crippen LogP contribution < -0.4 is 10.5 Å². The molecule has 0 radical (unpaired) electrons. The third-order valence-corrected chi connectivity index (χ3v) is 3.10. The minimum Gasteiger partial charge on any atom is -0.488 e. The van der Waals surface area contributed by atoms with Crippen molar-refractivity contribution in [2.45, 2.75) is 13.5 Å². The van der Waals surface area contributed by atoms with Gasteiger partial charge in [0.2, 0.25) is 5.91 Å². The Morgan fingerprint density at radius 3 is 2.75 bits per heavy atom. The van der Waals surface area contributed by atoms with E-state index in [-0.39, 0.29) is 17.7 Å². The highest BCUT2D eigenvalue weighted by Crippen LogP contribution is 2.24. The van der Waals surface area contributed by atoms with Crippen LogP contribution in [0.1, 0.15) is 21.5 Å². The molecule has 2 rings (SSSR count). The lowest BCUT2D eigenvalue weighted by atomic mass is 10.1. The largest absolute Gasteiger partial charge is 0.488 e. The topological polar surface area (TPSA) is 52.3 Å². The fraction of sp³-hybridized carbons (Fsp3) is 0.133. The number of amides is 1. The molecule has 2 aromatic carbocycles. The van der Waals surface area contributed by atoms with E-state index in [1.807, 2.05) is 13.0 Å². The van der Waals surface area contributed by atoms with Crippen molar-refractivity contribution in [1.82, 2.24) is 0 Å². The molecule has 0 fully saturated rings. The summed E-state index contributed by atoms with van der Waals surface area (Å²) in [6.45, 7) is 1.86. The van der Waals surface area contributed by atoms with E-state index in [1.54, 1.807) is 12.1 Å². The lowest BCUT2D eigenvalue weighted by Crippen LogP contribution is -2.12. The van der Waals surface area contributed by atoms with E-state index in [1.165, 1.54) is 18.2 Å². The van der Waals surface area contributed by atoms with Crippen molar-refractivity contribution >= 4 is 17.5 Å². The number of ether oxygens (including phenoxy) is 1. The van der Waals surface area contributed by atoms with Crippen molar-refractivity contribution in [1.29, 1.82) is 0 Å². The predicted octanol–water partition coefficient (Wildman–Crippen LogP) is 3.47. The molecule has 0 aliphatic rings. The molecule has 5 heteroatoms.